The van der Waals surface area contributed by atoms with Crippen molar-refractivity contribution in [2.75, 3.05) is 13.1 Å². The topological polar surface area (TPSA) is 58.7 Å². The fraction of sp³-hybridized carbons (Fsp3) is 0.350. The number of hydrogen-bond donors (Lipinski definition) is 3. The number of benzene rings is 1. The zero-order valence-electron chi connectivity index (χ0n) is 15.9. The molecule has 10 heteroatoms. The van der Waals surface area contributed by atoms with Crippen molar-refractivity contribution in [3.8, 4) is 0 Å². The number of nitrogens with one attached hydrogen (secondary N) is 3. The van der Waals surface area contributed by atoms with Crippen LogP contribution in [0.15, 0.2) is 41.2 Å². The van der Waals surface area contributed by atoms with Crippen molar-refractivity contribution in [1.82, 2.24) is 25.9 Å². The molecule has 3 aliphatic heterocycles. The number of alkyl halides is 3. The SMILES string of the molecule is Fc1cc(CN2CCC(C3=C4c5cc[nH]c5N=CN4NN3)CC2)ccc1C(F)(F)F. The minimum atomic E-state index is -4.67. The van der Waals surface area contributed by atoms with Crippen molar-refractivity contribution in [2.24, 2.45) is 10.9 Å². The minimum absolute atomic E-state index is 0.312. The van der Waals surface area contributed by atoms with Crippen LogP contribution in [0.3, 0.4) is 0 Å². The average molecular weight is 420 g/mol. The van der Waals surface area contributed by atoms with E-state index in [0.717, 1.165) is 60.8 Å². The third kappa shape index (κ3) is 3.35. The van der Waals surface area contributed by atoms with Crippen LogP contribution in [0.4, 0.5) is 23.4 Å². The van der Waals surface area contributed by atoms with E-state index in [1.807, 2.05) is 17.3 Å². The number of H-pyrrole nitrogens is 1. The Bertz CT molecular complexity index is 1020. The highest BCUT2D eigenvalue weighted by Gasteiger charge is 2.35. The van der Waals surface area contributed by atoms with Gasteiger partial charge in [0.2, 0.25) is 0 Å². The van der Waals surface area contributed by atoms with Gasteiger partial charge in [0.05, 0.1) is 17.0 Å². The maximum absolute atomic E-state index is 13.8. The van der Waals surface area contributed by atoms with E-state index in [-0.39, 0.29) is 0 Å². The highest BCUT2D eigenvalue weighted by Crippen LogP contribution is 2.38. The van der Waals surface area contributed by atoms with Crippen LogP contribution in [0.1, 0.15) is 29.5 Å². The Morgan fingerprint density at radius 3 is 2.67 bits per heavy atom. The molecule has 6 nitrogen and oxygen atoms in total. The van der Waals surface area contributed by atoms with E-state index in [2.05, 4.69) is 25.8 Å². The standard InChI is InChI=1S/C20H20F4N6/c21-16-9-12(1-2-15(16)20(22,23)24)10-29-7-4-13(5-8-29)17-18-14-3-6-25-19(14)26-11-30(18)28-27-17/h1-3,6,9,11,13,25,27-28H,4-5,7-8,10H2. The second-order valence-corrected chi connectivity index (χ2v) is 7.72. The molecule has 0 unspecified atom stereocenters. The lowest BCUT2D eigenvalue weighted by Crippen LogP contribution is -2.39. The largest absolute Gasteiger partial charge is 0.419 e. The molecule has 0 atom stereocenters. The van der Waals surface area contributed by atoms with Gasteiger partial charge in [-0.3, -0.25) is 4.90 Å². The molecule has 158 valence electrons. The van der Waals surface area contributed by atoms with Gasteiger partial charge in [0.25, 0.3) is 0 Å². The first-order chi connectivity index (χ1) is 14.4. The van der Waals surface area contributed by atoms with Crippen LogP contribution >= 0.6 is 0 Å². The first kappa shape index (κ1) is 19.1. The number of fused-ring (bicyclic) bond motifs is 3. The second kappa shape index (κ2) is 7.13. The van der Waals surface area contributed by atoms with Crippen LogP contribution in [0.25, 0.3) is 5.70 Å². The molecular formula is C20H20F4N6. The van der Waals surface area contributed by atoms with Gasteiger partial charge >= 0.3 is 6.18 Å². The van der Waals surface area contributed by atoms with Crippen LogP contribution in [0, 0.1) is 11.7 Å². The van der Waals surface area contributed by atoms with Gasteiger partial charge in [-0.1, -0.05) is 6.07 Å². The number of hydrazine groups is 2. The van der Waals surface area contributed by atoms with Crippen molar-refractivity contribution in [3.05, 3.63) is 58.7 Å². The number of aromatic amines is 1. The van der Waals surface area contributed by atoms with Gasteiger partial charge in [0.15, 0.2) is 0 Å². The lowest BCUT2D eigenvalue weighted by Gasteiger charge is -2.32. The third-order valence-corrected chi connectivity index (χ3v) is 5.83. The predicted molar refractivity (Wildman–Crippen MR) is 103 cm³/mol. The molecule has 1 aromatic carbocycles. The van der Waals surface area contributed by atoms with Crippen LogP contribution in [0.2, 0.25) is 0 Å². The molecule has 5 rings (SSSR count). The van der Waals surface area contributed by atoms with Gasteiger partial charge in [0, 0.05) is 24.2 Å². The minimum Gasteiger partial charge on any atom is -0.346 e. The molecular weight excluding hydrogens is 400 g/mol. The summed E-state index contributed by atoms with van der Waals surface area (Å²) in [6.07, 6.45) is 0.695. The van der Waals surface area contributed by atoms with E-state index in [9.17, 15) is 17.6 Å². The Morgan fingerprint density at radius 2 is 1.93 bits per heavy atom. The van der Waals surface area contributed by atoms with Crippen LogP contribution in [-0.4, -0.2) is 34.3 Å². The van der Waals surface area contributed by atoms with Crippen LogP contribution < -0.4 is 11.0 Å². The summed E-state index contributed by atoms with van der Waals surface area (Å²) >= 11 is 0. The maximum atomic E-state index is 13.8. The van der Waals surface area contributed by atoms with Crippen LogP contribution in [0.5, 0.6) is 0 Å². The molecule has 0 amide bonds. The van der Waals surface area contributed by atoms with Crippen molar-refractivity contribution >= 4 is 17.9 Å². The van der Waals surface area contributed by atoms with E-state index in [1.54, 1.807) is 6.34 Å². The highest BCUT2D eigenvalue weighted by molar-refractivity contribution is 5.87. The van der Waals surface area contributed by atoms with Gasteiger partial charge < -0.3 is 10.4 Å². The molecule has 4 heterocycles. The zero-order valence-corrected chi connectivity index (χ0v) is 15.9. The molecule has 0 saturated carbocycles. The Hall–Kier alpha value is -2.85. The van der Waals surface area contributed by atoms with Gasteiger partial charge in [-0.05, 0) is 49.7 Å². The smallest absolute Gasteiger partial charge is 0.346 e. The van der Waals surface area contributed by atoms with E-state index >= 15 is 0 Å². The van der Waals surface area contributed by atoms with E-state index in [0.29, 0.717) is 18.0 Å². The number of halogens is 4. The third-order valence-electron chi connectivity index (χ3n) is 5.83. The summed E-state index contributed by atoms with van der Waals surface area (Å²) < 4.78 is 52.1. The molecule has 0 aliphatic carbocycles. The maximum Gasteiger partial charge on any atom is 0.419 e. The Balaban J connectivity index is 1.26. The number of piperidine rings is 1. The summed E-state index contributed by atoms with van der Waals surface area (Å²) in [5, 5.41) is 1.86. The number of rotatable bonds is 3. The average Bonchev–Trinajstić information content (AvgIpc) is 3.34. The molecule has 0 spiro atoms. The summed E-state index contributed by atoms with van der Waals surface area (Å²) in [4.78, 5) is 9.63. The number of hydrogen-bond acceptors (Lipinski definition) is 5. The van der Waals surface area contributed by atoms with Crippen molar-refractivity contribution < 1.29 is 17.6 Å². The molecule has 1 saturated heterocycles. The Kier molecular flexibility index (Phi) is 4.55. The first-order valence-corrected chi connectivity index (χ1v) is 9.75. The fourth-order valence-corrected chi connectivity index (χ4v) is 4.32. The van der Waals surface area contributed by atoms with Gasteiger partial charge in [-0.25, -0.2) is 14.4 Å². The number of allylic oxidation sites excluding steroid dienone is 1. The summed E-state index contributed by atoms with van der Waals surface area (Å²) in [6.45, 7) is 1.99. The lowest BCUT2D eigenvalue weighted by molar-refractivity contribution is -0.140. The molecule has 2 aromatic rings. The summed E-state index contributed by atoms with van der Waals surface area (Å²) in [5.74, 6) is -0.0807. The van der Waals surface area contributed by atoms with E-state index in [4.69, 9.17) is 0 Å². The lowest BCUT2D eigenvalue weighted by atomic mass is 9.91. The molecule has 3 aliphatic rings. The molecule has 1 aromatic heterocycles. The normalized spacial score (nSPS) is 19.8. The Morgan fingerprint density at radius 1 is 1.13 bits per heavy atom. The van der Waals surface area contributed by atoms with Gasteiger partial charge in [0.1, 0.15) is 18.0 Å². The number of likely N-dealkylation sites (tertiary alicyclic amines) is 1. The monoisotopic (exact) mass is 420 g/mol. The fourth-order valence-electron chi connectivity index (χ4n) is 4.32. The van der Waals surface area contributed by atoms with Crippen molar-refractivity contribution in [2.45, 2.75) is 25.6 Å². The van der Waals surface area contributed by atoms with Gasteiger partial charge in [-0.2, -0.15) is 13.2 Å². The van der Waals surface area contributed by atoms with Crippen molar-refractivity contribution in [3.63, 3.8) is 0 Å². The molecule has 0 radical (unpaired) electrons. The Labute approximate surface area is 170 Å². The zero-order chi connectivity index (χ0) is 20.9. The van der Waals surface area contributed by atoms with Gasteiger partial charge in [-0.15, -0.1) is 5.53 Å². The predicted octanol–water partition coefficient (Wildman–Crippen LogP) is 3.75. The summed E-state index contributed by atoms with van der Waals surface area (Å²) in [7, 11) is 0. The molecule has 0 bridgehead atoms. The quantitative estimate of drug-likeness (QED) is 0.662. The molecule has 30 heavy (non-hydrogen) atoms. The molecule has 1 fully saturated rings. The molecule has 3 N–H and O–H groups in total. The first-order valence-electron chi connectivity index (χ1n) is 9.75. The number of aliphatic imine (C=N–C) groups is 1. The van der Waals surface area contributed by atoms with Crippen molar-refractivity contribution in [1.29, 1.82) is 0 Å². The number of nitrogens with zero attached hydrogens (tertiary/aromatic N) is 3. The number of aromatic nitrogens is 1. The highest BCUT2D eigenvalue weighted by atomic mass is 19.4. The van der Waals surface area contributed by atoms with E-state index in [1.165, 1.54) is 6.07 Å². The summed E-state index contributed by atoms with van der Waals surface area (Å²) in [6, 6.07) is 5.18. The van der Waals surface area contributed by atoms with E-state index < -0.39 is 17.6 Å². The van der Waals surface area contributed by atoms with Crippen LogP contribution in [-0.2, 0) is 12.7 Å². The summed E-state index contributed by atoms with van der Waals surface area (Å²) in [5.41, 5.74) is 8.91. The second-order valence-electron chi connectivity index (χ2n) is 7.72.